The third-order valence-electron chi connectivity index (χ3n) is 3.56. The number of nitrogens with one attached hydrogen (secondary N) is 1. The smallest absolute Gasteiger partial charge is 0.331 e. The Kier molecular flexibility index (Phi) is 5.66. The molecule has 1 N–H and O–H groups in total. The second-order valence-corrected chi connectivity index (χ2v) is 5.58. The van der Waals surface area contributed by atoms with Gasteiger partial charge < -0.3 is 10.1 Å². The summed E-state index contributed by atoms with van der Waals surface area (Å²) < 4.78 is 4.85. The van der Waals surface area contributed by atoms with Gasteiger partial charge >= 0.3 is 5.97 Å². The number of ether oxygens (including phenoxy) is 1. The molecule has 28 heavy (non-hydrogen) atoms. The summed E-state index contributed by atoms with van der Waals surface area (Å²) >= 11 is 0. The minimum atomic E-state index is -0.714. The van der Waals surface area contributed by atoms with E-state index >= 15 is 0 Å². The first kappa shape index (κ1) is 18.6. The zero-order chi connectivity index (χ0) is 19.9. The molecule has 1 heterocycles. The van der Waals surface area contributed by atoms with Gasteiger partial charge in [0, 0.05) is 23.9 Å². The summed E-state index contributed by atoms with van der Waals surface area (Å²) in [5.41, 5.74) is 2.18. The minimum Gasteiger partial charge on any atom is -0.452 e. The fourth-order valence-corrected chi connectivity index (χ4v) is 2.25. The number of nitrogens with zero attached hydrogens (tertiary/aromatic N) is 3. The highest BCUT2D eigenvalue weighted by molar-refractivity contribution is 5.94. The van der Waals surface area contributed by atoms with Crippen LogP contribution in [0.5, 0.6) is 0 Å². The van der Waals surface area contributed by atoms with E-state index in [-0.39, 0.29) is 5.69 Å². The number of carbonyl (C=O) groups is 2. The highest BCUT2D eigenvalue weighted by atomic mass is 16.6. The van der Waals surface area contributed by atoms with Gasteiger partial charge in [-0.25, -0.2) is 9.78 Å². The molecule has 2 aromatic carbocycles. The van der Waals surface area contributed by atoms with Gasteiger partial charge in [0.25, 0.3) is 11.6 Å². The quantitative estimate of drug-likeness (QED) is 0.303. The van der Waals surface area contributed by atoms with E-state index in [2.05, 4.69) is 15.3 Å². The lowest BCUT2D eigenvalue weighted by Gasteiger charge is -2.05. The maximum Gasteiger partial charge on any atom is 0.331 e. The molecule has 0 aliphatic heterocycles. The monoisotopic (exact) mass is 378 g/mol. The van der Waals surface area contributed by atoms with Gasteiger partial charge in [0.1, 0.15) is 0 Å². The van der Waals surface area contributed by atoms with Crippen LogP contribution in [0.1, 0.15) is 5.69 Å². The van der Waals surface area contributed by atoms with E-state index in [9.17, 15) is 19.7 Å². The number of anilines is 1. The molecule has 0 saturated heterocycles. The van der Waals surface area contributed by atoms with E-state index in [4.69, 9.17) is 4.74 Å². The molecule has 9 nitrogen and oxygen atoms in total. The first-order valence-electron chi connectivity index (χ1n) is 8.12. The van der Waals surface area contributed by atoms with Crippen molar-refractivity contribution in [3.05, 3.63) is 76.6 Å². The Morgan fingerprint density at radius 2 is 1.82 bits per heavy atom. The number of para-hydroxylation sites is 2. The molecular weight excluding hydrogens is 364 g/mol. The van der Waals surface area contributed by atoms with Crippen molar-refractivity contribution in [3.8, 4) is 0 Å². The lowest BCUT2D eigenvalue weighted by Crippen LogP contribution is -2.20. The fourth-order valence-electron chi connectivity index (χ4n) is 2.25. The van der Waals surface area contributed by atoms with Gasteiger partial charge in [0.2, 0.25) is 0 Å². The van der Waals surface area contributed by atoms with Gasteiger partial charge in [0.15, 0.2) is 6.61 Å². The van der Waals surface area contributed by atoms with Gasteiger partial charge in [-0.15, -0.1) is 0 Å². The number of benzene rings is 2. The predicted molar refractivity (Wildman–Crippen MR) is 101 cm³/mol. The Hall–Kier alpha value is -4.14. The molecule has 3 aromatic rings. The first-order valence-corrected chi connectivity index (χ1v) is 8.12. The summed E-state index contributed by atoms with van der Waals surface area (Å²) in [6.07, 6.45) is 4.11. The number of aromatic nitrogens is 2. The van der Waals surface area contributed by atoms with E-state index in [0.717, 1.165) is 11.6 Å². The number of carbonyl (C=O) groups excluding carboxylic acids is 2. The average Bonchev–Trinajstić information content (AvgIpc) is 2.71. The summed E-state index contributed by atoms with van der Waals surface area (Å²) in [5, 5.41) is 13.1. The van der Waals surface area contributed by atoms with Crippen LogP contribution in [0.15, 0.2) is 60.8 Å². The van der Waals surface area contributed by atoms with Gasteiger partial charge in [-0.3, -0.25) is 19.9 Å². The van der Waals surface area contributed by atoms with Crippen molar-refractivity contribution in [2.75, 3.05) is 11.9 Å². The lowest BCUT2D eigenvalue weighted by molar-refractivity contribution is -0.384. The molecule has 0 fully saturated rings. The van der Waals surface area contributed by atoms with Crippen LogP contribution in [0.25, 0.3) is 17.1 Å². The SMILES string of the molecule is O=C(COC(=O)C=Cc1cnc2ccccc2n1)Nc1ccc([N+](=O)[O-])cc1. The summed E-state index contributed by atoms with van der Waals surface area (Å²) in [5.74, 6) is -1.28. The molecule has 3 rings (SSSR count). The van der Waals surface area contributed by atoms with Crippen molar-refractivity contribution in [1.29, 1.82) is 0 Å². The molecular formula is C19H14N4O5. The second-order valence-electron chi connectivity index (χ2n) is 5.58. The maximum absolute atomic E-state index is 11.8. The molecule has 140 valence electrons. The topological polar surface area (TPSA) is 124 Å². The van der Waals surface area contributed by atoms with Crippen molar-refractivity contribution in [2.24, 2.45) is 0 Å². The van der Waals surface area contributed by atoms with E-state index in [1.54, 1.807) is 6.07 Å². The molecule has 0 radical (unpaired) electrons. The van der Waals surface area contributed by atoms with Crippen LogP contribution in [-0.4, -0.2) is 33.4 Å². The zero-order valence-electron chi connectivity index (χ0n) is 14.4. The number of rotatable bonds is 6. The molecule has 1 aromatic heterocycles. The Morgan fingerprint density at radius 1 is 1.11 bits per heavy atom. The summed E-state index contributed by atoms with van der Waals surface area (Å²) in [6, 6.07) is 12.6. The van der Waals surface area contributed by atoms with Gasteiger partial charge in [-0.1, -0.05) is 12.1 Å². The van der Waals surface area contributed by atoms with Crippen LogP contribution >= 0.6 is 0 Å². The molecule has 1 amide bonds. The zero-order valence-corrected chi connectivity index (χ0v) is 14.4. The Bertz CT molecular complexity index is 1060. The third kappa shape index (κ3) is 4.94. The number of esters is 1. The van der Waals surface area contributed by atoms with Crippen molar-refractivity contribution in [2.45, 2.75) is 0 Å². The standard InChI is InChI=1S/C19H14N4O5/c24-18(22-13-5-8-15(9-6-13)23(26)27)12-28-19(25)10-7-14-11-20-16-3-1-2-4-17(16)21-14/h1-11H,12H2,(H,22,24). The first-order chi connectivity index (χ1) is 13.5. The predicted octanol–water partition coefficient (Wildman–Crippen LogP) is 2.73. The number of amides is 1. The third-order valence-corrected chi connectivity index (χ3v) is 3.56. The highest BCUT2D eigenvalue weighted by Crippen LogP contribution is 2.15. The summed E-state index contributed by atoms with van der Waals surface area (Å²) in [4.78, 5) is 42.1. The molecule has 0 saturated carbocycles. The number of hydrogen-bond donors (Lipinski definition) is 1. The molecule has 0 bridgehead atoms. The van der Waals surface area contributed by atoms with E-state index in [1.807, 2.05) is 18.2 Å². The van der Waals surface area contributed by atoms with Gasteiger partial charge in [-0.05, 0) is 30.3 Å². The lowest BCUT2D eigenvalue weighted by atomic mass is 10.3. The van der Waals surface area contributed by atoms with Crippen LogP contribution in [0.2, 0.25) is 0 Å². The normalized spacial score (nSPS) is 10.7. The molecule has 0 atom stereocenters. The largest absolute Gasteiger partial charge is 0.452 e. The van der Waals surface area contributed by atoms with Crippen molar-refractivity contribution < 1.29 is 19.2 Å². The Balaban J connectivity index is 1.50. The number of nitro benzene ring substituents is 1. The van der Waals surface area contributed by atoms with E-state index in [0.29, 0.717) is 16.9 Å². The molecule has 0 aliphatic carbocycles. The fraction of sp³-hybridized carbons (Fsp3) is 0.0526. The van der Waals surface area contributed by atoms with Crippen LogP contribution in [0, 0.1) is 10.1 Å². The average molecular weight is 378 g/mol. The van der Waals surface area contributed by atoms with Crippen molar-refractivity contribution in [1.82, 2.24) is 9.97 Å². The van der Waals surface area contributed by atoms with Gasteiger partial charge in [0.05, 0.1) is 27.8 Å². The molecule has 9 heteroatoms. The maximum atomic E-state index is 11.8. The van der Waals surface area contributed by atoms with Gasteiger partial charge in [-0.2, -0.15) is 0 Å². The van der Waals surface area contributed by atoms with Crippen LogP contribution in [0.4, 0.5) is 11.4 Å². The summed E-state index contributed by atoms with van der Waals surface area (Å²) in [6.45, 7) is -0.496. The Morgan fingerprint density at radius 3 is 2.54 bits per heavy atom. The van der Waals surface area contributed by atoms with Crippen LogP contribution < -0.4 is 5.32 Å². The minimum absolute atomic E-state index is 0.0913. The molecule has 0 aliphatic rings. The van der Waals surface area contributed by atoms with E-state index in [1.165, 1.54) is 36.5 Å². The number of nitro groups is 1. The second kappa shape index (κ2) is 8.49. The highest BCUT2D eigenvalue weighted by Gasteiger charge is 2.08. The number of fused-ring (bicyclic) bond motifs is 1. The summed E-state index contributed by atoms with van der Waals surface area (Å²) in [7, 11) is 0. The van der Waals surface area contributed by atoms with Crippen LogP contribution in [-0.2, 0) is 14.3 Å². The molecule has 0 unspecified atom stereocenters. The Labute approximate surface area is 158 Å². The van der Waals surface area contributed by atoms with Crippen molar-refractivity contribution >= 4 is 40.4 Å². The number of hydrogen-bond acceptors (Lipinski definition) is 7. The number of non-ortho nitro benzene ring substituents is 1. The van der Waals surface area contributed by atoms with Crippen molar-refractivity contribution in [3.63, 3.8) is 0 Å². The van der Waals surface area contributed by atoms with E-state index < -0.39 is 23.4 Å². The van der Waals surface area contributed by atoms with Crippen LogP contribution in [0.3, 0.4) is 0 Å². The molecule has 0 spiro atoms.